The predicted octanol–water partition coefficient (Wildman–Crippen LogP) is 4.10. The number of carbonyl (C=O) groups excluding carboxylic acids is 1. The second-order valence-corrected chi connectivity index (χ2v) is 5.83. The fourth-order valence-electron chi connectivity index (χ4n) is 2.03. The van der Waals surface area contributed by atoms with E-state index in [4.69, 9.17) is 18.9 Å². The Hall–Kier alpha value is -2.47. The van der Waals surface area contributed by atoms with Crippen molar-refractivity contribution >= 4 is 28.0 Å². The molecule has 0 saturated heterocycles. The molecule has 0 heterocycles. The monoisotopic (exact) mass is 406 g/mol. The van der Waals surface area contributed by atoms with E-state index >= 15 is 0 Å². The Morgan fingerprint density at radius 3 is 2.60 bits per heavy atom. The van der Waals surface area contributed by atoms with Crippen LogP contribution in [-0.2, 0) is 9.53 Å². The topological polar surface area (TPSA) is 54.0 Å². The first-order valence-electron chi connectivity index (χ1n) is 7.57. The van der Waals surface area contributed by atoms with Crippen molar-refractivity contribution in [2.75, 3.05) is 27.4 Å². The number of methoxy groups -OCH3 is 2. The van der Waals surface area contributed by atoms with Gasteiger partial charge in [0.05, 0.1) is 14.2 Å². The number of benzene rings is 2. The summed E-state index contributed by atoms with van der Waals surface area (Å²) < 4.78 is 22.0. The molecule has 0 N–H and O–H groups in total. The Morgan fingerprint density at radius 1 is 1.04 bits per heavy atom. The maximum Gasteiger partial charge on any atom is 0.330 e. The van der Waals surface area contributed by atoms with Crippen LogP contribution in [0.3, 0.4) is 0 Å². The van der Waals surface area contributed by atoms with Gasteiger partial charge in [0.25, 0.3) is 0 Å². The third kappa shape index (κ3) is 6.15. The molecule has 0 radical (unpaired) electrons. The summed E-state index contributed by atoms with van der Waals surface area (Å²) in [6.07, 6.45) is 2.97. The first kappa shape index (κ1) is 18.9. The van der Waals surface area contributed by atoms with Crippen LogP contribution >= 0.6 is 15.9 Å². The Labute approximate surface area is 155 Å². The van der Waals surface area contributed by atoms with Crippen LogP contribution in [0.4, 0.5) is 0 Å². The number of halogens is 1. The first-order valence-corrected chi connectivity index (χ1v) is 8.37. The third-order valence-corrected chi connectivity index (χ3v) is 3.72. The molecule has 0 spiro atoms. The van der Waals surface area contributed by atoms with E-state index in [2.05, 4.69) is 15.9 Å². The third-order valence-electron chi connectivity index (χ3n) is 3.23. The molecule has 0 fully saturated rings. The Bertz CT molecular complexity index is 742. The molecular formula is C19H19BrO5. The lowest BCUT2D eigenvalue weighted by Gasteiger charge is -2.08. The van der Waals surface area contributed by atoms with Crippen molar-refractivity contribution in [3.05, 3.63) is 58.6 Å². The maximum absolute atomic E-state index is 11.8. The number of rotatable bonds is 8. The molecule has 0 aliphatic heterocycles. The van der Waals surface area contributed by atoms with E-state index in [0.29, 0.717) is 17.2 Å². The molecule has 0 aliphatic carbocycles. The van der Waals surface area contributed by atoms with Gasteiger partial charge < -0.3 is 18.9 Å². The normalized spacial score (nSPS) is 10.5. The van der Waals surface area contributed by atoms with Crippen LogP contribution < -0.4 is 14.2 Å². The number of carbonyl (C=O) groups is 1. The van der Waals surface area contributed by atoms with Crippen molar-refractivity contribution in [3.8, 4) is 17.2 Å². The standard InChI is InChI=1S/C19H19BrO5/c1-22-16-7-8-18(23-2)14(12-16)6-9-19(21)25-11-10-24-17-5-3-4-15(20)13-17/h3-9,12-13H,10-11H2,1-2H3/b9-6+. The van der Waals surface area contributed by atoms with Gasteiger partial charge in [-0.1, -0.05) is 22.0 Å². The minimum atomic E-state index is -0.456. The van der Waals surface area contributed by atoms with Gasteiger partial charge in [-0.3, -0.25) is 0 Å². The molecule has 0 unspecified atom stereocenters. The SMILES string of the molecule is COc1ccc(OC)c(/C=C/C(=O)OCCOc2cccc(Br)c2)c1. The van der Waals surface area contributed by atoms with Gasteiger partial charge in [-0.15, -0.1) is 0 Å². The van der Waals surface area contributed by atoms with E-state index in [9.17, 15) is 4.79 Å². The summed E-state index contributed by atoms with van der Waals surface area (Å²) in [6.45, 7) is 0.434. The predicted molar refractivity (Wildman–Crippen MR) is 99.2 cm³/mol. The number of hydrogen-bond acceptors (Lipinski definition) is 5. The minimum Gasteiger partial charge on any atom is -0.497 e. The summed E-state index contributed by atoms with van der Waals surface area (Å²) in [5.74, 6) is 1.57. The lowest BCUT2D eigenvalue weighted by Crippen LogP contribution is -2.10. The lowest BCUT2D eigenvalue weighted by molar-refractivity contribution is -0.138. The molecule has 25 heavy (non-hydrogen) atoms. The van der Waals surface area contributed by atoms with Gasteiger partial charge in [-0.2, -0.15) is 0 Å². The molecule has 0 amide bonds. The van der Waals surface area contributed by atoms with Gasteiger partial charge in [0.1, 0.15) is 30.5 Å². The molecule has 2 aromatic carbocycles. The van der Waals surface area contributed by atoms with Crippen LogP contribution in [0.2, 0.25) is 0 Å². The van der Waals surface area contributed by atoms with E-state index in [-0.39, 0.29) is 13.2 Å². The van der Waals surface area contributed by atoms with Crippen LogP contribution in [0, 0.1) is 0 Å². The highest BCUT2D eigenvalue weighted by Gasteiger charge is 2.04. The lowest BCUT2D eigenvalue weighted by atomic mass is 10.1. The summed E-state index contributed by atoms with van der Waals surface area (Å²) >= 11 is 3.37. The molecule has 2 aromatic rings. The van der Waals surface area contributed by atoms with Gasteiger partial charge in [0.2, 0.25) is 0 Å². The average molecular weight is 407 g/mol. The minimum absolute atomic E-state index is 0.158. The summed E-state index contributed by atoms with van der Waals surface area (Å²) in [5.41, 5.74) is 0.726. The van der Waals surface area contributed by atoms with E-state index < -0.39 is 5.97 Å². The quantitative estimate of drug-likeness (QED) is 0.375. The second-order valence-electron chi connectivity index (χ2n) is 4.91. The van der Waals surface area contributed by atoms with Gasteiger partial charge in [0.15, 0.2) is 0 Å². The summed E-state index contributed by atoms with van der Waals surface area (Å²) in [7, 11) is 3.14. The molecule has 2 rings (SSSR count). The van der Waals surface area contributed by atoms with Gasteiger partial charge in [-0.05, 0) is 42.5 Å². The van der Waals surface area contributed by atoms with Gasteiger partial charge in [0, 0.05) is 16.1 Å². The zero-order chi connectivity index (χ0) is 18.1. The Kier molecular flexibility index (Phi) is 7.35. The zero-order valence-electron chi connectivity index (χ0n) is 14.0. The number of hydrogen-bond donors (Lipinski definition) is 0. The highest BCUT2D eigenvalue weighted by atomic mass is 79.9. The molecular weight excluding hydrogens is 388 g/mol. The summed E-state index contributed by atoms with van der Waals surface area (Å²) in [4.78, 5) is 11.8. The molecule has 0 aliphatic rings. The molecule has 132 valence electrons. The summed E-state index contributed by atoms with van der Waals surface area (Å²) in [6, 6.07) is 12.8. The number of ether oxygens (including phenoxy) is 4. The average Bonchev–Trinajstić information content (AvgIpc) is 2.63. The molecule has 0 atom stereocenters. The van der Waals surface area contributed by atoms with Crippen LogP contribution in [0.5, 0.6) is 17.2 Å². The second kappa shape index (κ2) is 9.74. The first-order chi connectivity index (χ1) is 12.1. The van der Waals surface area contributed by atoms with Crippen LogP contribution in [0.1, 0.15) is 5.56 Å². The van der Waals surface area contributed by atoms with E-state index in [1.807, 2.05) is 24.3 Å². The fourth-order valence-corrected chi connectivity index (χ4v) is 2.41. The van der Waals surface area contributed by atoms with Crippen molar-refractivity contribution in [1.29, 1.82) is 0 Å². The molecule has 0 saturated carbocycles. The van der Waals surface area contributed by atoms with Crippen molar-refractivity contribution in [2.45, 2.75) is 0 Å². The molecule has 5 nitrogen and oxygen atoms in total. The van der Waals surface area contributed by atoms with Crippen molar-refractivity contribution in [3.63, 3.8) is 0 Å². The smallest absolute Gasteiger partial charge is 0.330 e. The highest BCUT2D eigenvalue weighted by Crippen LogP contribution is 2.25. The van der Waals surface area contributed by atoms with Crippen molar-refractivity contribution in [2.24, 2.45) is 0 Å². The molecule has 6 heteroatoms. The zero-order valence-corrected chi connectivity index (χ0v) is 15.6. The van der Waals surface area contributed by atoms with E-state index in [1.54, 1.807) is 38.5 Å². The summed E-state index contributed by atoms with van der Waals surface area (Å²) in [5, 5.41) is 0. The van der Waals surface area contributed by atoms with Crippen LogP contribution in [0.15, 0.2) is 53.0 Å². The highest BCUT2D eigenvalue weighted by molar-refractivity contribution is 9.10. The van der Waals surface area contributed by atoms with Gasteiger partial charge in [-0.25, -0.2) is 4.79 Å². The van der Waals surface area contributed by atoms with E-state index in [0.717, 1.165) is 10.0 Å². The Morgan fingerprint density at radius 2 is 1.88 bits per heavy atom. The number of esters is 1. The Balaban J connectivity index is 1.82. The van der Waals surface area contributed by atoms with Crippen LogP contribution in [0.25, 0.3) is 6.08 Å². The van der Waals surface area contributed by atoms with Crippen molar-refractivity contribution in [1.82, 2.24) is 0 Å². The van der Waals surface area contributed by atoms with Crippen molar-refractivity contribution < 1.29 is 23.7 Å². The van der Waals surface area contributed by atoms with E-state index in [1.165, 1.54) is 6.08 Å². The van der Waals surface area contributed by atoms with Crippen LogP contribution in [-0.4, -0.2) is 33.4 Å². The largest absolute Gasteiger partial charge is 0.497 e. The molecule has 0 bridgehead atoms. The maximum atomic E-state index is 11.8. The molecule has 0 aromatic heterocycles. The van der Waals surface area contributed by atoms with Gasteiger partial charge >= 0.3 is 5.97 Å². The fraction of sp³-hybridized carbons (Fsp3) is 0.211.